The van der Waals surface area contributed by atoms with Gasteiger partial charge in [0.15, 0.2) is 0 Å². The van der Waals surface area contributed by atoms with Gasteiger partial charge in [0.1, 0.15) is 6.10 Å². The number of carboxylic acid groups (broad SMARTS) is 1. The minimum atomic E-state index is -0.757. The Hall–Kier alpha value is -1.31. The van der Waals surface area contributed by atoms with Crippen LogP contribution in [0.4, 0.5) is 0 Å². The number of hydrogen-bond acceptors (Lipinski definition) is 3. The minimum Gasteiger partial charge on any atom is -0.481 e. The molecule has 3 saturated carbocycles. The van der Waals surface area contributed by atoms with Crippen LogP contribution >= 0.6 is 0 Å². The van der Waals surface area contributed by atoms with Crippen LogP contribution in [0.25, 0.3) is 0 Å². The normalized spacial score (nSPS) is 36.3. The predicted octanol–water partition coefficient (Wildman–Crippen LogP) is 3.91. The van der Waals surface area contributed by atoms with Crippen molar-refractivity contribution in [2.75, 3.05) is 0 Å². The molecule has 3 aliphatic rings. The highest BCUT2D eigenvalue weighted by molar-refractivity contribution is 5.66. The fourth-order valence-corrected chi connectivity index (χ4v) is 5.68. The Morgan fingerprint density at radius 1 is 1.30 bits per heavy atom. The van der Waals surface area contributed by atoms with Gasteiger partial charge in [-0.05, 0) is 62.2 Å². The van der Waals surface area contributed by atoms with Gasteiger partial charge in [-0.25, -0.2) is 0 Å². The van der Waals surface area contributed by atoms with E-state index in [0.717, 1.165) is 38.5 Å². The largest absolute Gasteiger partial charge is 0.481 e. The summed E-state index contributed by atoms with van der Waals surface area (Å²) in [6, 6.07) is 0. The Morgan fingerprint density at radius 2 is 2.04 bits per heavy atom. The quantitative estimate of drug-likeness (QED) is 0.504. The Bertz CT molecular complexity index is 622. The Labute approximate surface area is 163 Å². The monoisotopic (exact) mass is 374 g/mol. The Morgan fingerprint density at radius 3 is 2.70 bits per heavy atom. The third-order valence-corrected chi connectivity index (χ3v) is 7.40. The molecule has 0 aromatic rings. The zero-order valence-corrected chi connectivity index (χ0v) is 16.5. The number of aliphatic hydroxyl groups excluding tert-OH is 2. The standard InChI is InChI=1S/C23H34O4/c1-2-23-14-13-21(25)18(11-12-20(24)16-7-4-3-5-8-16)19(23)15-17(23)9-6-10-22(26)27/h9,16,18-21,24-25H,2-8,10,13-15H2,1H3,(H,26,27)/t18-,19-,20?,21-,23-/m1/s1. The molecule has 3 N–H and O–H groups in total. The number of rotatable bonds is 5. The average molecular weight is 375 g/mol. The van der Waals surface area contributed by atoms with Gasteiger partial charge in [-0.2, -0.15) is 0 Å². The van der Waals surface area contributed by atoms with Crippen LogP contribution in [0.5, 0.6) is 0 Å². The average Bonchev–Trinajstić information content (AvgIpc) is 2.66. The van der Waals surface area contributed by atoms with Gasteiger partial charge in [0.2, 0.25) is 0 Å². The smallest absolute Gasteiger partial charge is 0.303 e. The van der Waals surface area contributed by atoms with E-state index in [4.69, 9.17) is 5.11 Å². The van der Waals surface area contributed by atoms with Gasteiger partial charge in [-0.15, -0.1) is 0 Å². The van der Waals surface area contributed by atoms with E-state index < -0.39 is 18.2 Å². The molecule has 3 rings (SSSR count). The first-order chi connectivity index (χ1) is 13.0. The molecule has 0 aromatic carbocycles. The summed E-state index contributed by atoms with van der Waals surface area (Å²) in [5.74, 6) is 6.17. The highest BCUT2D eigenvalue weighted by Gasteiger charge is 2.56. The Balaban J connectivity index is 1.70. The van der Waals surface area contributed by atoms with E-state index in [2.05, 4.69) is 24.8 Å². The summed E-state index contributed by atoms with van der Waals surface area (Å²) in [6.45, 7) is 2.19. The maximum atomic E-state index is 10.8. The van der Waals surface area contributed by atoms with Gasteiger partial charge in [0.25, 0.3) is 0 Å². The van der Waals surface area contributed by atoms with E-state index >= 15 is 0 Å². The summed E-state index contributed by atoms with van der Waals surface area (Å²) in [5.41, 5.74) is 1.44. The van der Waals surface area contributed by atoms with Crippen molar-refractivity contribution < 1.29 is 20.1 Å². The first kappa shape index (κ1) is 20.4. The molecule has 150 valence electrons. The fourth-order valence-electron chi connectivity index (χ4n) is 5.68. The van der Waals surface area contributed by atoms with E-state index in [9.17, 15) is 15.0 Å². The van der Waals surface area contributed by atoms with Crippen LogP contribution in [0, 0.1) is 35.0 Å². The van der Waals surface area contributed by atoms with Gasteiger partial charge >= 0.3 is 5.97 Å². The van der Waals surface area contributed by atoms with Crippen LogP contribution in [0.3, 0.4) is 0 Å². The van der Waals surface area contributed by atoms with Crippen molar-refractivity contribution in [3.05, 3.63) is 11.6 Å². The number of carbonyl (C=O) groups is 1. The second-order valence-corrected chi connectivity index (χ2v) is 8.75. The molecule has 0 aliphatic heterocycles. The summed E-state index contributed by atoms with van der Waals surface area (Å²) < 4.78 is 0. The fraction of sp³-hybridized carbons (Fsp3) is 0.783. The molecule has 3 aliphatic carbocycles. The first-order valence-corrected chi connectivity index (χ1v) is 10.8. The molecule has 0 spiro atoms. The molecular formula is C23H34O4. The summed E-state index contributed by atoms with van der Waals surface area (Å²) in [7, 11) is 0. The van der Waals surface area contributed by atoms with Crippen LogP contribution < -0.4 is 0 Å². The SMILES string of the molecule is CC[C@]12CC[C@@H](O)[C@H](C#CC(O)C3CCCCC3)[C@H]1CC2=CCCC(=O)O. The number of aliphatic hydroxyl groups is 2. The number of hydrogen-bond donors (Lipinski definition) is 3. The van der Waals surface area contributed by atoms with Crippen LogP contribution in [0.1, 0.15) is 77.6 Å². The van der Waals surface area contributed by atoms with E-state index in [-0.39, 0.29) is 23.7 Å². The zero-order chi connectivity index (χ0) is 19.4. The number of fused-ring (bicyclic) bond motifs is 1. The van der Waals surface area contributed by atoms with Crippen LogP contribution in [-0.4, -0.2) is 33.5 Å². The third-order valence-electron chi connectivity index (χ3n) is 7.40. The van der Waals surface area contributed by atoms with Gasteiger partial charge in [-0.1, -0.05) is 49.7 Å². The number of allylic oxidation sites excluding steroid dienone is 2. The molecule has 0 radical (unpaired) electrons. The molecule has 5 atom stereocenters. The highest BCUT2D eigenvalue weighted by Crippen LogP contribution is 2.62. The summed E-state index contributed by atoms with van der Waals surface area (Å²) in [5, 5.41) is 29.9. The second-order valence-electron chi connectivity index (χ2n) is 8.75. The zero-order valence-electron chi connectivity index (χ0n) is 16.5. The van der Waals surface area contributed by atoms with E-state index in [1.54, 1.807) is 0 Å². The van der Waals surface area contributed by atoms with Gasteiger partial charge < -0.3 is 15.3 Å². The van der Waals surface area contributed by atoms with Crippen molar-refractivity contribution in [1.29, 1.82) is 0 Å². The topological polar surface area (TPSA) is 77.8 Å². The van der Waals surface area contributed by atoms with E-state index in [1.165, 1.54) is 24.8 Å². The van der Waals surface area contributed by atoms with Crippen LogP contribution in [0.15, 0.2) is 11.6 Å². The van der Waals surface area contributed by atoms with Gasteiger partial charge in [-0.3, -0.25) is 4.79 Å². The summed E-state index contributed by atoms with van der Waals surface area (Å²) in [4.78, 5) is 10.8. The molecule has 3 fully saturated rings. The van der Waals surface area contributed by atoms with Crippen molar-refractivity contribution in [2.45, 2.75) is 89.8 Å². The van der Waals surface area contributed by atoms with Crippen molar-refractivity contribution in [3.8, 4) is 11.8 Å². The lowest BCUT2D eigenvalue weighted by atomic mass is 9.46. The van der Waals surface area contributed by atoms with E-state index in [0.29, 0.717) is 12.3 Å². The second kappa shape index (κ2) is 8.80. The van der Waals surface area contributed by atoms with E-state index in [1.807, 2.05) is 0 Å². The summed E-state index contributed by atoms with van der Waals surface area (Å²) >= 11 is 0. The third kappa shape index (κ3) is 4.25. The van der Waals surface area contributed by atoms with Crippen LogP contribution in [-0.2, 0) is 4.79 Å². The molecule has 0 amide bonds. The molecule has 0 heterocycles. The minimum absolute atomic E-state index is 0.0754. The van der Waals surface area contributed by atoms with Crippen molar-refractivity contribution in [1.82, 2.24) is 0 Å². The molecule has 4 nitrogen and oxygen atoms in total. The molecule has 4 heteroatoms. The van der Waals surface area contributed by atoms with Crippen molar-refractivity contribution >= 4 is 5.97 Å². The Kier molecular flexibility index (Phi) is 6.65. The molecular weight excluding hydrogens is 340 g/mol. The lowest BCUT2D eigenvalue weighted by Gasteiger charge is -2.58. The number of aliphatic carboxylic acids is 1. The van der Waals surface area contributed by atoms with Crippen molar-refractivity contribution in [3.63, 3.8) is 0 Å². The predicted molar refractivity (Wildman–Crippen MR) is 105 cm³/mol. The molecule has 0 saturated heterocycles. The number of carboxylic acids is 1. The van der Waals surface area contributed by atoms with Gasteiger partial charge in [0.05, 0.1) is 12.0 Å². The molecule has 0 aromatic heterocycles. The van der Waals surface area contributed by atoms with Gasteiger partial charge in [0, 0.05) is 6.42 Å². The summed E-state index contributed by atoms with van der Waals surface area (Å²) in [6.07, 6.45) is 11.2. The molecule has 1 unspecified atom stereocenters. The lowest BCUT2D eigenvalue weighted by molar-refractivity contribution is -0.136. The highest BCUT2D eigenvalue weighted by atomic mass is 16.4. The first-order valence-electron chi connectivity index (χ1n) is 10.8. The van der Waals surface area contributed by atoms with Crippen LogP contribution in [0.2, 0.25) is 0 Å². The molecule has 0 bridgehead atoms. The maximum absolute atomic E-state index is 10.8. The van der Waals surface area contributed by atoms with Crippen molar-refractivity contribution in [2.24, 2.45) is 23.2 Å². The maximum Gasteiger partial charge on any atom is 0.303 e. The molecule has 27 heavy (non-hydrogen) atoms. The lowest BCUT2D eigenvalue weighted by Crippen LogP contribution is -2.53.